The molecule has 0 bridgehead atoms. The van der Waals surface area contributed by atoms with E-state index in [2.05, 4.69) is 0 Å². The first kappa shape index (κ1) is 25.0. The summed E-state index contributed by atoms with van der Waals surface area (Å²) < 4.78 is 40.0. The maximum absolute atomic E-state index is 13.5. The Morgan fingerprint density at radius 3 is 2.56 bits per heavy atom. The molecule has 2 aliphatic heterocycles. The number of halogens is 1. The molecule has 0 aromatic heterocycles. The third-order valence-corrected chi connectivity index (χ3v) is 8.60. The van der Waals surface area contributed by atoms with Gasteiger partial charge in [-0.25, -0.2) is 8.42 Å². The maximum Gasteiger partial charge on any atom is 0.243 e. The molecule has 2 heterocycles. The van der Waals surface area contributed by atoms with Crippen LogP contribution in [0.2, 0.25) is 5.02 Å². The van der Waals surface area contributed by atoms with E-state index in [0.29, 0.717) is 56.5 Å². The van der Waals surface area contributed by atoms with E-state index in [1.165, 1.54) is 4.31 Å². The standard InChI is InChI=1S/C25H31ClN2O5S/c1-20-4-2-5-23(16-20)34(30,31)28-11-3-10-25(18-28,17-24(29)27-12-14-32-15-13-27)19-33-22-8-6-21(26)7-9-22/h2,4-9,16H,3,10-15,17-19H2,1H3/t25-/m0/s1. The predicted molar refractivity (Wildman–Crippen MR) is 131 cm³/mol. The van der Waals surface area contributed by atoms with E-state index in [9.17, 15) is 13.2 Å². The lowest BCUT2D eigenvalue weighted by molar-refractivity contribution is -0.139. The zero-order valence-corrected chi connectivity index (χ0v) is 21.0. The summed E-state index contributed by atoms with van der Waals surface area (Å²) in [4.78, 5) is 15.3. The Hall–Kier alpha value is -2.13. The fourth-order valence-corrected chi connectivity index (χ4v) is 6.44. The summed E-state index contributed by atoms with van der Waals surface area (Å²) in [5, 5.41) is 0.609. The zero-order chi connectivity index (χ0) is 24.2. The number of hydrogen-bond acceptors (Lipinski definition) is 5. The highest BCUT2D eigenvalue weighted by Gasteiger charge is 2.43. The molecule has 2 saturated heterocycles. The average molecular weight is 507 g/mol. The van der Waals surface area contributed by atoms with Crippen molar-refractivity contribution in [2.75, 3.05) is 46.0 Å². The Bertz CT molecular complexity index is 1100. The molecule has 184 valence electrons. The van der Waals surface area contributed by atoms with Gasteiger partial charge in [0.15, 0.2) is 0 Å². The van der Waals surface area contributed by atoms with Gasteiger partial charge < -0.3 is 14.4 Å². The molecule has 0 N–H and O–H groups in total. The van der Waals surface area contributed by atoms with E-state index in [4.69, 9.17) is 21.1 Å². The van der Waals surface area contributed by atoms with Crippen molar-refractivity contribution in [3.63, 3.8) is 0 Å². The van der Waals surface area contributed by atoms with Crippen molar-refractivity contribution >= 4 is 27.5 Å². The molecule has 1 amide bonds. The van der Waals surface area contributed by atoms with Crippen LogP contribution >= 0.6 is 11.6 Å². The van der Waals surface area contributed by atoms with Gasteiger partial charge in [0.25, 0.3) is 0 Å². The minimum Gasteiger partial charge on any atom is -0.493 e. The van der Waals surface area contributed by atoms with Gasteiger partial charge in [-0.2, -0.15) is 4.31 Å². The summed E-state index contributed by atoms with van der Waals surface area (Å²) in [5.74, 6) is 0.652. The molecular formula is C25H31ClN2O5S. The van der Waals surface area contributed by atoms with Crippen LogP contribution in [-0.4, -0.2) is 69.5 Å². The number of rotatable bonds is 7. The molecule has 1 atom stereocenters. The Morgan fingerprint density at radius 2 is 1.85 bits per heavy atom. The van der Waals surface area contributed by atoms with Crippen LogP contribution in [0.15, 0.2) is 53.4 Å². The minimum atomic E-state index is -3.69. The number of carbonyl (C=O) groups excluding carboxylic acids is 1. The largest absolute Gasteiger partial charge is 0.493 e. The van der Waals surface area contributed by atoms with Crippen LogP contribution in [-0.2, 0) is 19.6 Å². The van der Waals surface area contributed by atoms with Crippen LogP contribution < -0.4 is 4.74 Å². The van der Waals surface area contributed by atoms with Gasteiger partial charge in [0.05, 0.1) is 24.7 Å². The number of hydrogen-bond donors (Lipinski definition) is 0. The van der Waals surface area contributed by atoms with Crippen molar-refractivity contribution in [3.8, 4) is 5.75 Å². The zero-order valence-electron chi connectivity index (χ0n) is 19.4. The predicted octanol–water partition coefficient (Wildman–Crippen LogP) is 3.75. The van der Waals surface area contributed by atoms with Crippen molar-refractivity contribution in [3.05, 3.63) is 59.1 Å². The van der Waals surface area contributed by atoms with E-state index < -0.39 is 15.4 Å². The van der Waals surface area contributed by atoms with Gasteiger partial charge >= 0.3 is 0 Å². The third kappa shape index (κ3) is 5.92. The number of ether oxygens (including phenoxy) is 2. The molecular weight excluding hydrogens is 476 g/mol. The normalized spacial score (nSPS) is 21.9. The van der Waals surface area contributed by atoms with Gasteiger partial charge in [-0.3, -0.25) is 4.79 Å². The molecule has 2 fully saturated rings. The Labute approximate surface area is 206 Å². The monoisotopic (exact) mass is 506 g/mol. The Kier molecular flexibility index (Phi) is 7.82. The van der Waals surface area contributed by atoms with E-state index in [-0.39, 0.29) is 30.4 Å². The number of morpholine rings is 1. The molecule has 0 aliphatic carbocycles. The first-order valence-corrected chi connectivity index (χ1v) is 13.4. The number of sulfonamides is 1. The number of benzene rings is 2. The molecule has 7 nitrogen and oxygen atoms in total. The summed E-state index contributed by atoms with van der Waals surface area (Å²) >= 11 is 5.99. The first-order valence-electron chi connectivity index (χ1n) is 11.6. The summed E-state index contributed by atoms with van der Waals surface area (Å²) in [6.07, 6.45) is 1.59. The van der Waals surface area contributed by atoms with Gasteiger partial charge in [-0.1, -0.05) is 23.7 Å². The van der Waals surface area contributed by atoms with Gasteiger partial charge in [0.1, 0.15) is 5.75 Å². The van der Waals surface area contributed by atoms with E-state index in [0.717, 1.165) is 5.56 Å². The molecule has 2 aliphatic rings. The van der Waals surface area contributed by atoms with Crippen LogP contribution in [0, 0.1) is 12.3 Å². The highest BCUT2D eigenvalue weighted by atomic mass is 35.5. The second kappa shape index (κ2) is 10.6. The molecule has 9 heteroatoms. The molecule has 0 saturated carbocycles. The topological polar surface area (TPSA) is 76.2 Å². The fraction of sp³-hybridized carbons (Fsp3) is 0.480. The second-order valence-corrected chi connectivity index (χ2v) is 11.5. The lowest BCUT2D eigenvalue weighted by atomic mass is 9.78. The molecule has 4 rings (SSSR count). The smallest absolute Gasteiger partial charge is 0.243 e. The molecule has 2 aromatic carbocycles. The molecule has 0 radical (unpaired) electrons. The van der Waals surface area contributed by atoms with Crippen LogP contribution in [0.3, 0.4) is 0 Å². The van der Waals surface area contributed by atoms with Crippen molar-refractivity contribution in [2.45, 2.75) is 31.1 Å². The van der Waals surface area contributed by atoms with Crippen LogP contribution in [0.25, 0.3) is 0 Å². The lowest BCUT2D eigenvalue weighted by Crippen LogP contribution is -2.51. The van der Waals surface area contributed by atoms with Crippen LogP contribution in [0.1, 0.15) is 24.8 Å². The van der Waals surface area contributed by atoms with Crippen molar-refractivity contribution in [2.24, 2.45) is 5.41 Å². The highest BCUT2D eigenvalue weighted by Crippen LogP contribution is 2.37. The van der Waals surface area contributed by atoms with Crippen molar-refractivity contribution < 1.29 is 22.7 Å². The van der Waals surface area contributed by atoms with Crippen molar-refractivity contribution in [1.82, 2.24) is 9.21 Å². The summed E-state index contributed by atoms with van der Waals surface area (Å²) in [5.41, 5.74) is 0.252. The quantitative estimate of drug-likeness (QED) is 0.571. The summed E-state index contributed by atoms with van der Waals surface area (Å²) in [6, 6.07) is 14.0. The lowest BCUT2D eigenvalue weighted by Gasteiger charge is -2.42. The summed E-state index contributed by atoms with van der Waals surface area (Å²) in [7, 11) is -3.69. The fourth-order valence-electron chi connectivity index (χ4n) is 4.62. The SMILES string of the molecule is Cc1cccc(S(=O)(=O)N2CCC[C@](COc3ccc(Cl)cc3)(CC(=O)N3CCOCC3)C2)c1. The van der Waals surface area contributed by atoms with Crippen LogP contribution in [0.4, 0.5) is 0 Å². The second-order valence-electron chi connectivity index (χ2n) is 9.17. The number of amides is 1. The van der Waals surface area contributed by atoms with Gasteiger partial charge in [-0.15, -0.1) is 0 Å². The third-order valence-electron chi connectivity index (χ3n) is 6.50. The highest BCUT2D eigenvalue weighted by molar-refractivity contribution is 7.89. The number of carbonyl (C=O) groups is 1. The first-order chi connectivity index (χ1) is 16.3. The van der Waals surface area contributed by atoms with Crippen LogP contribution in [0.5, 0.6) is 5.75 Å². The van der Waals surface area contributed by atoms with E-state index in [1.54, 1.807) is 42.5 Å². The molecule has 2 aromatic rings. The molecule has 0 spiro atoms. The number of nitrogens with zero attached hydrogens (tertiary/aromatic N) is 2. The Morgan fingerprint density at radius 1 is 1.12 bits per heavy atom. The minimum absolute atomic E-state index is 0.0119. The number of aryl methyl sites for hydroxylation is 1. The maximum atomic E-state index is 13.5. The van der Waals surface area contributed by atoms with Gasteiger partial charge in [0, 0.05) is 43.0 Å². The van der Waals surface area contributed by atoms with Crippen molar-refractivity contribution in [1.29, 1.82) is 0 Å². The van der Waals surface area contributed by atoms with E-state index in [1.807, 2.05) is 17.9 Å². The number of piperidine rings is 1. The average Bonchev–Trinajstić information content (AvgIpc) is 2.84. The molecule has 0 unspecified atom stereocenters. The molecule has 34 heavy (non-hydrogen) atoms. The van der Waals surface area contributed by atoms with Gasteiger partial charge in [-0.05, 0) is 61.7 Å². The summed E-state index contributed by atoms with van der Waals surface area (Å²) in [6.45, 7) is 4.92. The Balaban J connectivity index is 1.58. The van der Waals surface area contributed by atoms with E-state index >= 15 is 0 Å². The van der Waals surface area contributed by atoms with Gasteiger partial charge in [0.2, 0.25) is 15.9 Å².